The summed E-state index contributed by atoms with van der Waals surface area (Å²) in [5.74, 6) is 1.91. The molecule has 3 aromatic rings. The third-order valence-corrected chi connectivity index (χ3v) is 5.37. The van der Waals surface area contributed by atoms with Crippen LogP contribution in [0.5, 0.6) is 17.5 Å². The molecule has 0 atom stereocenters. The van der Waals surface area contributed by atoms with Crippen LogP contribution >= 0.6 is 0 Å². The molecular formula is C24H24N4O3. The van der Waals surface area contributed by atoms with Gasteiger partial charge in [0.15, 0.2) is 0 Å². The summed E-state index contributed by atoms with van der Waals surface area (Å²) in [5, 5.41) is 0.989. The van der Waals surface area contributed by atoms with Gasteiger partial charge in [-0.2, -0.15) is 0 Å². The summed E-state index contributed by atoms with van der Waals surface area (Å²) in [4.78, 5) is 15.6. The molecule has 1 aromatic carbocycles. The van der Waals surface area contributed by atoms with Crippen LogP contribution in [-0.4, -0.2) is 67.1 Å². The lowest BCUT2D eigenvalue weighted by molar-refractivity contribution is 0.0320. The van der Waals surface area contributed by atoms with Crippen LogP contribution in [0.3, 0.4) is 0 Å². The van der Waals surface area contributed by atoms with Gasteiger partial charge in [-0.05, 0) is 47.5 Å². The van der Waals surface area contributed by atoms with E-state index in [-0.39, 0.29) is 0 Å². The van der Waals surface area contributed by atoms with Crippen LogP contribution in [-0.2, 0) is 4.74 Å². The number of hydrogen-bond donors (Lipinski definition) is 0. The van der Waals surface area contributed by atoms with Crippen molar-refractivity contribution in [2.24, 2.45) is 4.99 Å². The Labute approximate surface area is 181 Å². The largest absolute Gasteiger partial charge is 0.476 e. The number of pyridine rings is 2. The Morgan fingerprint density at radius 3 is 2.71 bits per heavy atom. The van der Waals surface area contributed by atoms with Crippen molar-refractivity contribution >= 4 is 22.7 Å². The van der Waals surface area contributed by atoms with Gasteiger partial charge in [-0.15, -0.1) is 0 Å². The minimum Gasteiger partial charge on any atom is -0.476 e. The minimum absolute atomic E-state index is 0.554. The Morgan fingerprint density at radius 1 is 1.00 bits per heavy atom. The minimum atomic E-state index is 0.554. The first-order chi connectivity index (χ1) is 15.3. The van der Waals surface area contributed by atoms with E-state index in [2.05, 4.69) is 19.9 Å². The maximum Gasteiger partial charge on any atom is 0.219 e. The normalized spacial score (nSPS) is 16.5. The van der Waals surface area contributed by atoms with Gasteiger partial charge in [0.05, 0.1) is 25.3 Å². The first-order valence-corrected chi connectivity index (χ1v) is 10.5. The van der Waals surface area contributed by atoms with Crippen LogP contribution in [0, 0.1) is 0 Å². The summed E-state index contributed by atoms with van der Waals surface area (Å²) in [6.07, 6.45) is 5.65. The molecule has 2 aromatic heterocycles. The number of morpholine rings is 1. The molecule has 0 unspecified atom stereocenters. The maximum atomic E-state index is 5.93. The fourth-order valence-electron chi connectivity index (χ4n) is 3.62. The summed E-state index contributed by atoms with van der Waals surface area (Å²) in [6.45, 7) is 5.72. The number of aliphatic imine (C=N–C) groups is 1. The van der Waals surface area contributed by atoms with E-state index >= 15 is 0 Å². The molecule has 2 aliphatic heterocycles. The lowest BCUT2D eigenvalue weighted by Crippen LogP contribution is -2.38. The van der Waals surface area contributed by atoms with E-state index in [4.69, 9.17) is 14.2 Å². The molecule has 0 radical (unpaired) electrons. The number of benzene rings is 1. The van der Waals surface area contributed by atoms with Crippen molar-refractivity contribution in [2.75, 3.05) is 46.0 Å². The van der Waals surface area contributed by atoms with Gasteiger partial charge < -0.3 is 14.2 Å². The van der Waals surface area contributed by atoms with E-state index in [0.717, 1.165) is 55.1 Å². The third kappa shape index (κ3) is 4.90. The highest BCUT2D eigenvalue weighted by molar-refractivity contribution is 5.89. The SMILES string of the molecule is C1=NCC(c2ccc(Oc3ccc4nc(OCCN5CCOCC5)ccc4c3)nc2)=C1. The molecule has 1 fully saturated rings. The topological polar surface area (TPSA) is 69.1 Å². The van der Waals surface area contributed by atoms with E-state index in [1.807, 2.05) is 61.0 Å². The Morgan fingerprint density at radius 2 is 1.90 bits per heavy atom. The van der Waals surface area contributed by atoms with E-state index in [9.17, 15) is 0 Å². The lowest BCUT2D eigenvalue weighted by atomic mass is 10.1. The van der Waals surface area contributed by atoms with Gasteiger partial charge in [-0.25, -0.2) is 9.97 Å². The van der Waals surface area contributed by atoms with Crippen LogP contribution in [0.1, 0.15) is 5.56 Å². The zero-order valence-corrected chi connectivity index (χ0v) is 17.2. The van der Waals surface area contributed by atoms with Crippen LogP contribution < -0.4 is 9.47 Å². The molecule has 0 saturated carbocycles. The summed E-state index contributed by atoms with van der Waals surface area (Å²) < 4.78 is 17.1. The molecule has 0 aliphatic carbocycles. The Hall–Kier alpha value is -3.29. The molecule has 4 heterocycles. The van der Waals surface area contributed by atoms with E-state index in [1.54, 1.807) is 0 Å². The van der Waals surface area contributed by atoms with Crippen LogP contribution in [0.2, 0.25) is 0 Å². The van der Waals surface area contributed by atoms with Crippen molar-refractivity contribution in [3.8, 4) is 17.5 Å². The summed E-state index contributed by atoms with van der Waals surface area (Å²) >= 11 is 0. The van der Waals surface area contributed by atoms with E-state index < -0.39 is 0 Å². The number of allylic oxidation sites excluding steroid dienone is 1. The average molecular weight is 416 g/mol. The zero-order valence-electron chi connectivity index (χ0n) is 17.2. The Kier molecular flexibility index (Phi) is 5.86. The van der Waals surface area contributed by atoms with Gasteiger partial charge in [0.1, 0.15) is 12.4 Å². The van der Waals surface area contributed by atoms with Crippen LogP contribution in [0.4, 0.5) is 0 Å². The molecular weight excluding hydrogens is 392 g/mol. The molecule has 0 bridgehead atoms. The van der Waals surface area contributed by atoms with Gasteiger partial charge in [-0.3, -0.25) is 9.89 Å². The molecule has 2 aliphatic rings. The smallest absolute Gasteiger partial charge is 0.219 e. The van der Waals surface area contributed by atoms with Crippen molar-refractivity contribution < 1.29 is 14.2 Å². The number of hydrogen-bond acceptors (Lipinski definition) is 7. The predicted octanol–water partition coefficient (Wildman–Crippen LogP) is 3.60. The first-order valence-electron chi connectivity index (χ1n) is 10.5. The maximum absolute atomic E-state index is 5.93. The Bertz CT molecular complexity index is 1110. The molecule has 0 amide bonds. The molecule has 0 spiro atoms. The van der Waals surface area contributed by atoms with Crippen molar-refractivity contribution in [1.82, 2.24) is 14.9 Å². The van der Waals surface area contributed by atoms with Crippen LogP contribution in [0.25, 0.3) is 16.5 Å². The quantitative estimate of drug-likeness (QED) is 0.586. The van der Waals surface area contributed by atoms with Crippen molar-refractivity contribution in [1.29, 1.82) is 0 Å². The highest BCUT2D eigenvalue weighted by Crippen LogP contribution is 2.26. The zero-order chi connectivity index (χ0) is 20.9. The number of fused-ring (bicyclic) bond motifs is 1. The molecule has 5 rings (SSSR count). The second kappa shape index (κ2) is 9.24. The molecule has 31 heavy (non-hydrogen) atoms. The highest BCUT2D eigenvalue weighted by Gasteiger charge is 2.10. The third-order valence-electron chi connectivity index (χ3n) is 5.37. The second-order valence-electron chi connectivity index (χ2n) is 7.48. The number of ether oxygens (including phenoxy) is 3. The van der Waals surface area contributed by atoms with Gasteiger partial charge in [0.25, 0.3) is 0 Å². The van der Waals surface area contributed by atoms with Crippen LogP contribution in [0.15, 0.2) is 59.7 Å². The first kappa shape index (κ1) is 19.7. The monoisotopic (exact) mass is 416 g/mol. The van der Waals surface area contributed by atoms with Crippen molar-refractivity contribution in [2.45, 2.75) is 0 Å². The molecule has 7 nitrogen and oxygen atoms in total. The van der Waals surface area contributed by atoms with E-state index in [0.29, 0.717) is 24.9 Å². The van der Waals surface area contributed by atoms with Gasteiger partial charge in [-0.1, -0.05) is 0 Å². The standard InChI is InChI=1S/C24H24N4O3/c1-6-24(30-14-11-28-9-12-29-13-10-28)27-22-4-3-21(15-18(1)22)31-23-5-2-19(17-26-23)20-7-8-25-16-20/h1-8,15,17H,9-14,16H2. The molecule has 1 saturated heterocycles. The molecule has 158 valence electrons. The second-order valence-corrected chi connectivity index (χ2v) is 7.48. The fourth-order valence-corrected chi connectivity index (χ4v) is 3.62. The average Bonchev–Trinajstić information content (AvgIpc) is 3.35. The number of aromatic nitrogens is 2. The lowest BCUT2D eigenvalue weighted by Gasteiger charge is -2.26. The molecule has 7 heteroatoms. The van der Waals surface area contributed by atoms with Crippen molar-refractivity contribution in [3.05, 3.63) is 60.3 Å². The summed E-state index contributed by atoms with van der Waals surface area (Å²) in [7, 11) is 0. The van der Waals surface area contributed by atoms with Gasteiger partial charge in [0.2, 0.25) is 11.8 Å². The highest BCUT2D eigenvalue weighted by atomic mass is 16.5. The number of rotatable bonds is 7. The molecule has 0 N–H and O–H groups in total. The summed E-state index contributed by atoms with van der Waals surface area (Å²) in [6, 6.07) is 13.6. The predicted molar refractivity (Wildman–Crippen MR) is 120 cm³/mol. The Balaban J connectivity index is 1.20. The summed E-state index contributed by atoms with van der Waals surface area (Å²) in [5.41, 5.74) is 3.10. The van der Waals surface area contributed by atoms with Crippen molar-refractivity contribution in [3.63, 3.8) is 0 Å². The van der Waals surface area contributed by atoms with Gasteiger partial charge in [0, 0.05) is 49.6 Å². The number of nitrogens with zero attached hydrogens (tertiary/aromatic N) is 4. The van der Waals surface area contributed by atoms with Gasteiger partial charge >= 0.3 is 0 Å². The fraction of sp³-hybridized carbons (Fsp3) is 0.292. The van der Waals surface area contributed by atoms with E-state index in [1.165, 1.54) is 5.57 Å².